The molecule has 0 spiro atoms. The first kappa shape index (κ1) is 19.2. The molecule has 0 heterocycles. The van der Waals surface area contributed by atoms with Gasteiger partial charge in [-0.1, -0.05) is 40.0 Å². The van der Waals surface area contributed by atoms with Crippen LogP contribution in [0.1, 0.15) is 59.3 Å². The van der Waals surface area contributed by atoms with Gasteiger partial charge in [0.1, 0.15) is 0 Å². The van der Waals surface area contributed by atoms with Crippen LogP contribution in [0, 0.1) is 0 Å². The topological polar surface area (TPSA) is 38.3 Å². The highest BCUT2D eigenvalue weighted by molar-refractivity contribution is 7.31. The van der Waals surface area contributed by atoms with Crippen LogP contribution in [-0.2, 0) is 9.32 Å². The molecule has 0 radical (unpaired) electrons. The summed E-state index contributed by atoms with van der Waals surface area (Å²) in [7, 11) is 0.530. The van der Waals surface area contributed by atoms with Crippen LogP contribution in [0.3, 0.4) is 0 Å². The summed E-state index contributed by atoms with van der Waals surface area (Å²) in [5, 5.41) is 2.93. The van der Waals surface area contributed by atoms with Crippen molar-refractivity contribution in [1.82, 2.24) is 5.32 Å². The number of nitrogens with one attached hydrogen (secondary N) is 1. The van der Waals surface area contributed by atoms with E-state index in [1.165, 1.54) is 19.3 Å². The van der Waals surface area contributed by atoms with E-state index in [-0.39, 0.29) is 5.91 Å². The molecular weight excluding hydrogens is 233 g/mol. The van der Waals surface area contributed by atoms with E-state index < -0.39 is 0 Å². The largest absolute Gasteiger partial charge is 0.363 e. The van der Waals surface area contributed by atoms with Gasteiger partial charge < -0.3 is 9.84 Å². The fourth-order valence-electron chi connectivity index (χ4n) is 1.27. The molecule has 17 heavy (non-hydrogen) atoms. The van der Waals surface area contributed by atoms with E-state index in [0.717, 1.165) is 19.4 Å². The summed E-state index contributed by atoms with van der Waals surface area (Å²) < 4.78 is 5.19. The maximum absolute atomic E-state index is 11.3. The Labute approximate surface area is 109 Å². The molecule has 1 amide bonds. The van der Waals surface area contributed by atoms with Gasteiger partial charge in [-0.05, 0) is 19.5 Å². The summed E-state index contributed by atoms with van der Waals surface area (Å²) in [6.45, 7) is 9.72. The molecule has 0 aromatic carbocycles. The van der Waals surface area contributed by atoms with Crippen LogP contribution >= 0.6 is 8.81 Å². The van der Waals surface area contributed by atoms with E-state index in [1.54, 1.807) is 0 Å². The predicted molar refractivity (Wildman–Crippen MR) is 77.9 cm³/mol. The lowest BCUT2D eigenvalue weighted by molar-refractivity contribution is -0.121. The molecule has 3 nitrogen and oxygen atoms in total. The minimum absolute atomic E-state index is 0.162. The molecule has 0 saturated heterocycles. The number of hydrogen-bond acceptors (Lipinski definition) is 2. The van der Waals surface area contributed by atoms with Gasteiger partial charge in [-0.2, -0.15) is 0 Å². The molecule has 0 aliphatic carbocycles. The molecule has 0 fully saturated rings. The Bertz CT molecular complexity index is 154. The Morgan fingerprint density at radius 3 is 2.47 bits per heavy atom. The SMILES string of the molecule is CC.CCCCCCNC(=O)CCCOPC. The van der Waals surface area contributed by atoms with E-state index in [0.29, 0.717) is 21.8 Å². The number of amides is 1. The Morgan fingerprint density at radius 2 is 1.88 bits per heavy atom. The fourth-order valence-corrected chi connectivity index (χ4v) is 1.62. The molecule has 4 heteroatoms. The van der Waals surface area contributed by atoms with Crippen molar-refractivity contribution in [2.75, 3.05) is 19.8 Å². The van der Waals surface area contributed by atoms with Crippen LogP contribution < -0.4 is 5.32 Å². The first-order valence-corrected chi connectivity index (χ1v) is 8.27. The molecule has 0 rings (SSSR count). The number of carbonyl (C=O) groups is 1. The second kappa shape index (κ2) is 18.2. The molecule has 0 aromatic rings. The number of unbranched alkanes of at least 4 members (excludes halogenated alkanes) is 3. The number of rotatable bonds is 10. The molecule has 0 aliphatic rings. The molecule has 1 N–H and O–H groups in total. The van der Waals surface area contributed by atoms with E-state index in [2.05, 4.69) is 12.2 Å². The summed E-state index contributed by atoms with van der Waals surface area (Å²) >= 11 is 0. The van der Waals surface area contributed by atoms with E-state index in [1.807, 2.05) is 20.5 Å². The monoisotopic (exact) mass is 263 g/mol. The molecule has 1 atom stereocenters. The van der Waals surface area contributed by atoms with Crippen molar-refractivity contribution in [3.8, 4) is 0 Å². The zero-order valence-corrected chi connectivity index (χ0v) is 13.0. The molecule has 0 bridgehead atoms. The third-order valence-corrected chi connectivity index (χ3v) is 2.64. The summed E-state index contributed by atoms with van der Waals surface area (Å²) in [4.78, 5) is 11.3. The summed E-state index contributed by atoms with van der Waals surface area (Å²) in [6.07, 6.45) is 6.26. The quantitative estimate of drug-likeness (QED) is 0.482. The van der Waals surface area contributed by atoms with Gasteiger partial charge in [0.05, 0.1) is 6.61 Å². The van der Waals surface area contributed by atoms with Crippen molar-refractivity contribution < 1.29 is 9.32 Å². The molecule has 0 saturated carbocycles. The first-order chi connectivity index (χ1) is 8.31. The molecule has 0 aliphatic heterocycles. The summed E-state index contributed by atoms with van der Waals surface area (Å²) in [6, 6.07) is 0. The van der Waals surface area contributed by atoms with Gasteiger partial charge >= 0.3 is 0 Å². The highest BCUT2D eigenvalue weighted by Gasteiger charge is 1.99. The lowest BCUT2D eigenvalue weighted by Crippen LogP contribution is -2.24. The minimum Gasteiger partial charge on any atom is -0.363 e. The molecule has 1 unspecified atom stereocenters. The standard InChI is InChI=1S/C11H24NO2P.C2H6/c1-3-4-5-6-9-12-11(13)8-7-10-14-15-2;1-2/h15H,3-10H2,1-2H3,(H,12,13);1-2H3. The Balaban J connectivity index is 0. The number of hydrogen-bond donors (Lipinski definition) is 1. The van der Waals surface area contributed by atoms with Gasteiger partial charge in [-0.3, -0.25) is 4.79 Å². The zero-order chi connectivity index (χ0) is 13.4. The summed E-state index contributed by atoms with van der Waals surface area (Å²) in [5.41, 5.74) is 0. The van der Waals surface area contributed by atoms with Crippen molar-refractivity contribution in [2.24, 2.45) is 0 Å². The normalized spacial score (nSPS) is 10.1. The van der Waals surface area contributed by atoms with Gasteiger partial charge in [-0.15, -0.1) is 0 Å². The van der Waals surface area contributed by atoms with Gasteiger partial charge in [0.15, 0.2) is 0 Å². The second-order valence-corrected chi connectivity index (χ2v) is 4.26. The zero-order valence-electron chi connectivity index (χ0n) is 12.0. The van der Waals surface area contributed by atoms with Crippen LogP contribution in [0.2, 0.25) is 0 Å². The van der Waals surface area contributed by atoms with Gasteiger partial charge in [0.25, 0.3) is 0 Å². The van der Waals surface area contributed by atoms with Gasteiger partial charge in [0, 0.05) is 21.8 Å². The van der Waals surface area contributed by atoms with Crippen molar-refractivity contribution in [2.45, 2.75) is 59.3 Å². The maximum Gasteiger partial charge on any atom is 0.220 e. The summed E-state index contributed by atoms with van der Waals surface area (Å²) in [5.74, 6) is 0.162. The Kier molecular flexibility index (Phi) is 20.6. The minimum atomic E-state index is 0.162. The van der Waals surface area contributed by atoms with Crippen molar-refractivity contribution in [3.05, 3.63) is 0 Å². The van der Waals surface area contributed by atoms with E-state index in [9.17, 15) is 4.79 Å². The van der Waals surface area contributed by atoms with Crippen LogP contribution in [-0.4, -0.2) is 25.7 Å². The van der Waals surface area contributed by atoms with Crippen LogP contribution in [0.4, 0.5) is 0 Å². The van der Waals surface area contributed by atoms with Crippen molar-refractivity contribution >= 4 is 14.7 Å². The van der Waals surface area contributed by atoms with Gasteiger partial charge in [-0.25, -0.2) is 0 Å². The predicted octanol–water partition coefficient (Wildman–Crippen LogP) is 3.73. The van der Waals surface area contributed by atoms with Crippen molar-refractivity contribution in [1.29, 1.82) is 0 Å². The lowest BCUT2D eigenvalue weighted by Gasteiger charge is -2.04. The number of carbonyl (C=O) groups excluding carboxylic acids is 1. The van der Waals surface area contributed by atoms with Crippen LogP contribution in [0.5, 0.6) is 0 Å². The van der Waals surface area contributed by atoms with Crippen molar-refractivity contribution in [3.63, 3.8) is 0 Å². The average Bonchev–Trinajstić information content (AvgIpc) is 2.37. The Morgan fingerprint density at radius 1 is 1.18 bits per heavy atom. The van der Waals surface area contributed by atoms with E-state index >= 15 is 0 Å². The molecule has 0 aromatic heterocycles. The third kappa shape index (κ3) is 18.4. The van der Waals surface area contributed by atoms with Gasteiger partial charge in [0.2, 0.25) is 5.91 Å². The average molecular weight is 263 g/mol. The second-order valence-electron chi connectivity index (χ2n) is 3.57. The first-order valence-electron chi connectivity index (χ1n) is 6.86. The highest BCUT2D eigenvalue weighted by atomic mass is 31.1. The van der Waals surface area contributed by atoms with E-state index in [4.69, 9.17) is 4.52 Å². The maximum atomic E-state index is 11.3. The highest BCUT2D eigenvalue weighted by Crippen LogP contribution is 2.05. The molecule has 104 valence electrons. The van der Waals surface area contributed by atoms with Crippen LogP contribution in [0.15, 0.2) is 0 Å². The van der Waals surface area contributed by atoms with Crippen LogP contribution in [0.25, 0.3) is 0 Å². The fraction of sp³-hybridized carbons (Fsp3) is 0.923. The molecular formula is C13H30NO2P. The Hall–Kier alpha value is -0.140. The smallest absolute Gasteiger partial charge is 0.220 e. The lowest BCUT2D eigenvalue weighted by atomic mass is 10.2. The third-order valence-electron chi connectivity index (χ3n) is 2.15.